The van der Waals surface area contributed by atoms with Gasteiger partial charge >= 0.3 is 6.18 Å². The Hall–Kier alpha value is -3.40. The van der Waals surface area contributed by atoms with Gasteiger partial charge in [0.1, 0.15) is 10.7 Å². The van der Waals surface area contributed by atoms with E-state index >= 15 is 0 Å². The van der Waals surface area contributed by atoms with Crippen molar-refractivity contribution in [3.05, 3.63) is 76.5 Å². The van der Waals surface area contributed by atoms with Crippen LogP contribution in [0.5, 0.6) is 0 Å². The molecule has 0 aliphatic rings. The van der Waals surface area contributed by atoms with E-state index < -0.39 is 17.8 Å². The predicted molar refractivity (Wildman–Crippen MR) is 103 cm³/mol. The van der Waals surface area contributed by atoms with Gasteiger partial charge in [0, 0.05) is 11.9 Å². The number of fused-ring (bicyclic) bond motifs is 1. The van der Waals surface area contributed by atoms with Crippen LogP contribution < -0.4 is 5.32 Å². The first kappa shape index (κ1) is 19.9. The molecule has 1 aromatic carbocycles. The molecule has 7 nitrogen and oxygen atoms in total. The summed E-state index contributed by atoms with van der Waals surface area (Å²) in [6.45, 7) is 1.89. The van der Waals surface area contributed by atoms with E-state index in [1.54, 1.807) is 10.9 Å². The molecule has 0 saturated heterocycles. The highest BCUT2D eigenvalue weighted by Crippen LogP contribution is 2.32. The van der Waals surface area contributed by atoms with Crippen LogP contribution in [0.25, 0.3) is 5.65 Å². The number of amides is 1. The molecule has 4 rings (SSSR count). The minimum Gasteiger partial charge on any atom is -0.318 e. The Morgan fingerprint density at radius 2 is 1.97 bits per heavy atom. The van der Waals surface area contributed by atoms with E-state index in [-0.39, 0.29) is 22.1 Å². The van der Waals surface area contributed by atoms with Crippen molar-refractivity contribution in [2.75, 3.05) is 5.32 Å². The van der Waals surface area contributed by atoms with Gasteiger partial charge in [0.05, 0.1) is 18.4 Å². The second-order valence-electron chi connectivity index (χ2n) is 6.54. The van der Waals surface area contributed by atoms with Gasteiger partial charge in [-0.15, -0.1) is 0 Å². The topological polar surface area (TPSA) is 77.1 Å². The lowest BCUT2D eigenvalue weighted by molar-refractivity contribution is -0.142. The standard InChI is InChI=1S/C19H14ClF3N6O/c1-11-7-14(19(21,22)23)29-17(25-11)15(20)16(27-29)18(30)26-13-8-24-28(10-13)9-12-5-3-2-4-6-12/h2-8,10H,9H2,1H3,(H,26,30). The number of halogens is 4. The summed E-state index contributed by atoms with van der Waals surface area (Å²) in [5.74, 6) is -0.768. The van der Waals surface area contributed by atoms with Crippen molar-refractivity contribution in [1.82, 2.24) is 24.4 Å². The van der Waals surface area contributed by atoms with E-state index in [0.29, 0.717) is 16.7 Å². The fourth-order valence-corrected chi connectivity index (χ4v) is 3.18. The molecule has 0 bridgehead atoms. The van der Waals surface area contributed by atoms with E-state index in [2.05, 4.69) is 20.5 Å². The normalized spacial score (nSPS) is 11.8. The SMILES string of the molecule is Cc1cc(C(F)(F)F)n2nc(C(=O)Nc3cnn(Cc4ccccc4)c3)c(Cl)c2n1. The van der Waals surface area contributed by atoms with Gasteiger partial charge in [-0.25, -0.2) is 9.50 Å². The van der Waals surface area contributed by atoms with Gasteiger partial charge in [-0.05, 0) is 18.6 Å². The van der Waals surface area contributed by atoms with E-state index in [4.69, 9.17) is 11.6 Å². The molecule has 0 fully saturated rings. The second kappa shape index (κ2) is 7.45. The zero-order valence-corrected chi connectivity index (χ0v) is 16.2. The maximum atomic E-state index is 13.3. The Labute approximate surface area is 173 Å². The van der Waals surface area contributed by atoms with Crippen LogP contribution in [0.15, 0.2) is 48.8 Å². The fraction of sp³-hybridized carbons (Fsp3) is 0.158. The number of hydrogen-bond acceptors (Lipinski definition) is 4. The molecule has 0 spiro atoms. The Morgan fingerprint density at radius 3 is 2.67 bits per heavy atom. The average Bonchev–Trinajstić information content (AvgIpc) is 3.25. The van der Waals surface area contributed by atoms with Crippen LogP contribution >= 0.6 is 11.6 Å². The van der Waals surface area contributed by atoms with Crippen molar-refractivity contribution < 1.29 is 18.0 Å². The smallest absolute Gasteiger partial charge is 0.318 e. The first-order valence-electron chi connectivity index (χ1n) is 8.73. The lowest BCUT2D eigenvalue weighted by atomic mass is 10.2. The molecule has 154 valence electrons. The van der Waals surface area contributed by atoms with Gasteiger partial charge in [-0.1, -0.05) is 41.9 Å². The van der Waals surface area contributed by atoms with Gasteiger partial charge in [0.15, 0.2) is 11.3 Å². The van der Waals surface area contributed by atoms with Crippen LogP contribution in [0, 0.1) is 6.92 Å². The molecular formula is C19H14ClF3N6O. The van der Waals surface area contributed by atoms with Gasteiger partial charge in [-0.3, -0.25) is 9.48 Å². The predicted octanol–water partition coefficient (Wildman–Crippen LogP) is 4.21. The molecule has 0 unspecified atom stereocenters. The largest absolute Gasteiger partial charge is 0.433 e. The zero-order valence-electron chi connectivity index (χ0n) is 15.5. The molecule has 0 radical (unpaired) electrons. The van der Waals surface area contributed by atoms with Crippen molar-refractivity contribution in [3.8, 4) is 0 Å². The summed E-state index contributed by atoms with van der Waals surface area (Å²) < 4.78 is 42.1. The molecule has 3 aromatic heterocycles. The third-order valence-electron chi connectivity index (χ3n) is 4.24. The fourth-order valence-electron chi connectivity index (χ4n) is 2.94. The number of aromatic nitrogens is 5. The lowest BCUT2D eigenvalue weighted by Gasteiger charge is -2.09. The number of hydrogen-bond donors (Lipinski definition) is 1. The number of anilines is 1. The van der Waals surface area contributed by atoms with E-state index in [9.17, 15) is 18.0 Å². The number of carbonyl (C=O) groups excluding carboxylic acids is 1. The van der Waals surface area contributed by atoms with Crippen molar-refractivity contribution >= 4 is 28.8 Å². The minimum atomic E-state index is -4.69. The molecule has 1 amide bonds. The van der Waals surface area contributed by atoms with Gasteiger partial charge in [0.2, 0.25) is 0 Å². The molecule has 0 saturated carbocycles. The highest BCUT2D eigenvalue weighted by atomic mass is 35.5. The van der Waals surface area contributed by atoms with Crippen LogP contribution in [-0.4, -0.2) is 30.3 Å². The van der Waals surface area contributed by atoms with Gasteiger partial charge in [-0.2, -0.15) is 23.4 Å². The van der Waals surface area contributed by atoms with Crippen LogP contribution in [0.2, 0.25) is 5.02 Å². The monoisotopic (exact) mass is 434 g/mol. The summed E-state index contributed by atoms with van der Waals surface area (Å²) in [4.78, 5) is 16.6. The highest BCUT2D eigenvalue weighted by molar-refractivity contribution is 6.37. The third-order valence-corrected chi connectivity index (χ3v) is 4.59. The quantitative estimate of drug-likeness (QED) is 0.522. The summed E-state index contributed by atoms with van der Waals surface area (Å²) >= 11 is 6.13. The average molecular weight is 435 g/mol. The number of nitrogens with one attached hydrogen (secondary N) is 1. The number of rotatable bonds is 4. The Bertz CT molecular complexity index is 1230. The number of aryl methyl sites for hydroxylation is 1. The van der Waals surface area contributed by atoms with Crippen LogP contribution in [0.1, 0.15) is 27.4 Å². The maximum absolute atomic E-state index is 13.3. The second-order valence-corrected chi connectivity index (χ2v) is 6.92. The summed E-state index contributed by atoms with van der Waals surface area (Å²) in [6, 6.07) is 10.4. The van der Waals surface area contributed by atoms with E-state index in [1.807, 2.05) is 30.3 Å². The number of alkyl halides is 3. The van der Waals surface area contributed by atoms with Crippen LogP contribution in [0.4, 0.5) is 18.9 Å². The lowest BCUT2D eigenvalue weighted by Crippen LogP contribution is -2.15. The summed E-state index contributed by atoms with van der Waals surface area (Å²) in [7, 11) is 0. The van der Waals surface area contributed by atoms with Crippen molar-refractivity contribution in [1.29, 1.82) is 0 Å². The minimum absolute atomic E-state index is 0.103. The Kier molecular flexibility index (Phi) is 4.94. The Morgan fingerprint density at radius 1 is 1.23 bits per heavy atom. The molecule has 30 heavy (non-hydrogen) atoms. The van der Waals surface area contributed by atoms with E-state index in [1.165, 1.54) is 13.1 Å². The number of nitrogens with zero attached hydrogens (tertiary/aromatic N) is 5. The first-order chi connectivity index (χ1) is 14.2. The van der Waals surface area contributed by atoms with Crippen LogP contribution in [0.3, 0.4) is 0 Å². The zero-order chi connectivity index (χ0) is 21.5. The molecule has 0 atom stereocenters. The van der Waals surface area contributed by atoms with Crippen LogP contribution in [-0.2, 0) is 12.7 Å². The molecule has 3 heterocycles. The van der Waals surface area contributed by atoms with E-state index in [0.717, 1.165) is 11.6 Å². The Balaban J connectivity index is 1.61. The van der Waals surface area contributed by atoms with Gasteiger partial charge < -0.3 is 5.32 Å². The molecule has 0 aliphatic heterocycles. The first-order valence-corrected chi connectivity index (χ1v) is 9.11. The summed E-state index contributed by atoms with van der Waals surface area (Å²) in [5.41, 5.74) is -0.204. The molecular weight excluding hydrogens is 421 g/mol. The maximum Gasteiger partial charge on any atom is 0.433 e. The molecule has 1 N–H and O–H groups in total. The summed E-state index contributed by atoms with van der Waals surface area (Å²) in [5, 5.41) is 10.2. The van der Waals surface area contributed by atoms with Crippen molar-refractivity contribution in [3.63, 3.8) is 0 Å². The molecule has 11 heteroatoms. The molecule has 4 aromatic rings. The number of carbonyl (C=O) groups is 1. The van der Waals surface area contributed by atoms with Crippen molar-refractivity contribution in [2.24, 2.45) is 0 Å². The molecule has 0 aliphatic carbocycles. The highest BCUT2D eigenvalue weighted by Gasteiger charge is 2.36. The van der Waals surface area contributed by atoms with Gasteiger partial charge in [0.25, 0.3) is 5.91 Å². The van der Waals surface area contributed by atoms with Crippen molar-refractivity contribution in [2.45, 2.75) is 19.6 Å². The number of benzene rings is 1. The third kappa shape index (κ3) is 3.86. The summed E-state index contributed by atoms with van der Waals surface area (Å²) in [6.07, 6.45) is -1.67.